The zero-order chi connectivity index (χ0) is 22.3. The molecule has 3 aromatic rings. The predicted octanol–water partition coefficient (Wildman–Crippen LogP) is 2.83. The molecule has 1 saturated heterocycles. The largest absolute Gasteiger partial charge is 0.389 e. The Labute approximate surface area is 190 Å². The van der Waals surface area contributed by atoms with E-state index in [2.05, 4.69) is 40.0 Å². The van der Waals surface area contributed by atoms with Gasteiger partial charge < -0.3 is 20.1 Å². The summed E-state index contributed by atoms with van der Waals surface area (Å²) in [6.45, 7) is 5.92. The molecule has 2 N–H and O–H groups in total. The van der Waals surface area contributed by atoms with Gasteiger partial charge in [0, 0.05) is 36.3 Å². The van der Waals surface area contributed by atoms with Gasteiger partial charge >= 0.3 is 0 Å². The van der Waals surface area contributed by atoms with Crippen molar-refractivity contribution >= 4 is 22.3 Å². The average Bonchev–Trinajstić information content (AvgIpc) is 3.35. The molecule has 1 aliphatic heterocycles. The zero-order valence-electron chi connectivity index (χ0n) is 18.3. The van der Waals surface area contributed by atoms with Crippen LogP contribution in [0.1, 0.15) is 48.1 Å². The third-order valence-electron chi connectivity index (χ3n) is 6.52. The minimum Gasteiger partial charge on any atom is -0.389 e. The first-order valence-electron chi connectivity index (χ1n) is 10.9. The molecule has 2 aliphatic rings. The normalized spacial score (nSPS) is 21.7. The predicted molar refractivity (Wildman–Crippen MR) is 122 cm³/mol. The highest BCUT2D eigenvalue weighted by Crippen LogP contribution is 2.48. The second-order valence-electron chi connectivity index (χ2n) is 8.75. The van der Waals surface area contributed by atoms with Gasteiger partial charge in [-0.2, -0.15) is 10.2 Å². The van der Waals surface area contributed by atoms with Crippen molar-refractivity contribution in [1.82, 2.24) is 25.0 Å². The molecule has 5 rings (SSSR count). The van der Waals surface area contributed by atoms with Gasteiger partial charge in [0.25, 0.3) is 0 Å². The molecule has 0 amide bonds. The number of fused-ring (bicyclic) bond motifs is 1. The van der Waals surface area contributed by atoms with Crippen LogP contribution < -0.4 is 10.6 Å². The Morgan fingerprint density at radius 1 is 1.22 bits per heavy atom. The lowest BCUT2D eigenvalue weighted by molar-refractivity contribution is 0.300. The van der Waals surface area contributed by atoms with Crippen LogP contribution >= 0.6 is 11.3 Å². The SMILES string of the molecule is CN1CCCN(c2nccc(-c3noc([C@@]4(C)CCCc5sc(N)c(C#N)c54)n3)n2)CC1. The van der Waals surface area contributed by atoms with Crippen LogP contribution in [0.2, 0.25) is 0 Å². The maximum absolute atomic E-state index is 9.70. The van der Waals surface area contributed by atoms with Crippen molar-refractivity contribution in [3.05, 3.63) is 34.2 Å². The van der Waals surface area contributed by atoms with Gasteiger partial charge in [-0.25, -0.2) is 9.97 Å². The summed E-state index contributed by atoms with van der Waals surface area (Å²) in [6.07, 6.45) is 5.54. The monoisotopic (exact) mass is 450 g/mol. The highest BCUT2D eigenvalue weighted by Gasteiger charge is 2.43. The minimum atomic E-state index is -0.538. The number of hydrogen-bond donors (Lipinski definition) is 1. The van der Waals surface area contributed by atoms with Gasteiger partial charge in [0.15, 0.2) is 0 Å². The van der Waals surface area contributed by atoms with E-state index in [1.165, 1.54) is 11.3 Å². The molecule has 0 radical (unpaired) electrons. The molecule has 0 aromatic carbocycles. The van der Waals surface area contributed by atoms with Crippen molar-refractivity contribution in [2.75, 3.05) is 43.9 Å². The highest BCUT2D eigenvalue weighted by atomic mass is 32.1. The first-order chi connectivity index (χ1) is 15.5. The lowest BCUT2D eigenvalue weighted by atomic mass is 9.72. The Hall–Kier alpha value is -3.03. The van der Waals surface area contributed by atoms with Gasteiger partial charge in [0.05, 0.1) is 11.0 Å². The maximum Gasteiger partial charge on any atom is 0.237 e. The summed E-state index contributed by atoms with van der Waals surface area (Å²) in [6, 6.07) is 4.09. The summed E-state index contributed by atoms with van der Waals surface area (Å²) in [5.41, 5.74) is 7.72. The van der Waals surface area contributed by atoms with Gasteiger partial charge in [-0.1, -0.05) is 5.16 Å². The average molecular weight is 451 g/mol. The lowest BCUT2D eigenvalue weighted by Crippen LogP contribution is -2.30. The molecule has 9 nitrogen and oxygen atoms in total. The zero-order valence-corrected chi connectivity index (χ0v) is 19.2. The van der Waals surface area contributed by atoms with Crippen LogP contribution in [0.25, 0.3) is 11.5 Å². The summed E-state index contributed by atoms with van der Waals surface area (Å²) in [7, 11) is 2.14. The molecule has 32 heavy (non-hydrogen) atoms. The topological polar surface area (TPSA) is 121 Å². The second-order valence-corrected chi connectivity index (χ2v) is 9.88. The number of aryl methyl sites for hydroxylation is 1. The third kappa shape index (κ3) is 3.51. The first kappa shape index (κ1) is 20.8. The highest BCUT2D eigenvalue weighted by molar-refractivity contribution is 7.16. The Kier molecular flexibility index (Phi) is 5.31. The molecule has 1 atom stereocenters. The van der Waals surface area contributed by atoms with E-state index >= 15 is 0 Å². The number of nitrogens with two attached hydrogens (primary N) is 1. The van der Waals surface area contributed by atoms with Gasteiger partial charge in [-0.05, 0) is 52.3 Å². The molecule has 0 spiro atoms. The number of hydrogen-bond acceptors (Lipinski definition) is 10. The number of nitrogen functional groups attached to an aromatic ring is 1. The van der Waals surface area contributed by atoms with Crippen LogP contribution in [-0.2, 0) is 11.8 Å². The van der Waals surface area contributed by atoms with Crippen LogP contribution in [-0.4, -0.2) is 58.2 Å². The fraction of sp³-hybridized carbons (Fsp3) is 0.500. The first-order valence-corrected chi connectivity index (χ1v) is 11.7. The maximum atomic E-state index is 9.70. The molecule has 3 aromatic heterocycles. The van der Waals surface area contributed by atoms with Crippen LogP contribution in [0.3, 0.4) is 0 Å². The molecular formula is C22H26N8OS. The molecule has 0 unspecified atom stereocenters. The molecule has 10 heteroatoms. The fourth-order valence-corrected chi connectivity index (χ4v) is 5.92. The van der Waals surface area contributed by atoms with Crippen molar-refractivity contribution in [3.63, 3.8) is 0 Å². The van der Waals surface area contributed by atoms with E-state index in [0.717, 1.165) is 62.3 Å². The van der Waals surface area contributed by atoms with Crippen LogP contribution in [0.5, 0.6) is 0 Å². The van der Waals surface area contributed by atoms with E-state index in [1.54, 1.807) is 12.3 Å². The van der Waals surface area contributed by atoms with Crippen molar-refractivity contribution < 1.29 is 4.52 Å². The van der Waals surface area contributed by atoms with Gasteiger partial charge in [0.1, 0.15) is 16.8 Å². The third-order valence-corrected chi connectivity index (χ3v) is 7.60. The van der Waals surface area contributed by atoms with Crippen LogP contribution in [0.15, 0.2) is 16.8 Å². The Morgan fingerprint density at radius 2 is 2.09 bits per heavy atom. The quantitative estimate of drug-likeness (QED) is 0.642. The summed E-state index contributed by atoms with van der Waals surface area (Å²) >= 11 is 1.50. The van der Waals surface area contributed by atoms with Crippen LogP contribution in [0.4, 0.5) is 10.9 Å². The van der Waals surface area contributed by atoms with Crippen molar-refractivity contribution in [2.24, 2.45) is 0 Å². The number of thiophene rings is 1. The minimum absolute atomic E-state index is 0.436. The summed E-state index contributed by atoms with van der Waals surface area (Å²) in [5, 5.41) is 14.5. The fourth-order valence-electron chi connectivity index (χ4n) is 4.73. The second kappa shape index (κ2) is 8.15. The number of rotatable bonds is 3. The molecule has 166 valence electrons. The smallest absolute Gasteiger partial charge is 0.237 e. The van der Waals surface area contributed by atoms with E-state index in [1.807, 2.05) is 0 Å². The number of nitrogens with zero attached hydrogens (tertiary/aromatic N) is 7. The van der Waals surface area contributed by atoms with Crippen molar-refractivity contribution in [3.8, 4) is 17.6 Å². The van der Waals surface area contributed by atoms with E-state index in [4.69, 9.17) is 20.2 Å². The molecule has 1 fully saturated rings. The number of aromatic nitrogens is 4. The van der Waals surface area contributed by atoms with E-state index in [-0.39, 0.29) is 0 Å². The van der Waals surface area contributed by atoms with E-state index < -0.39 is 5.41 Å². The summed E-state index contributed by atoms with van der Waals surface area (Å²) in [4.78, 5) is 19.6. The standard InChI is InChI=1S/C22H26N8OS/c1-22(7-3-5-16-17(22)14(13-23)18(24)32-16)20-27-19(28-31-20)15-6-8-25-21(26-15)30-10-4-9-29(2)11-12-30/h6,8H,3-5,7,9-12,24H2,1-2H3/t22-/m0/s1. The number of likely N-dealkylation sites (N-methyl/N-ethyl adjacent to an activating group) is 1. The van der Waals surface area contributed by atoms with E-state index in [0.29, 0.717) is 33.9 Å². The molecular weight excluding hydrogens is 424 g/mol. The van der Waals surface area contributed by atoms with E-state index in [9.17, 15) is 5.26 Å². The summed E-state index contributed by atoms with van der Waals surface area (Å²) in [5.74, 6) is 1.62. The van der Waals surface area contributed by atoms with Crippen molar-refractivity contribution in [2.45, 2.75) is 38.0 Å². The summed E-state index contributed by atoms with van der Waals surface area (Å²) < 4.78 is 5.76. The Morgan fingerprint density at radius 3 is 2.94 bits per heavy atom. The molecule has 0 saturated carbocycles. The molecule has 4 heterocycles. The van der Waals surface area contributed by atoms with Crippen LogP contribution in [0, 0.1) is 11.3 Å². The molecule has 1 aliphatic carbocycles. The van der Waals surface area contributed by atoms with Crippen molar-refractivity contribution in [1.29, 1.82) is 5.26 Å². The lowest BCUT2D eigenvalue weighted by Gasteiger charge is -2.30. The van der Waals surface area contributed by atoms with Gasteiger partial charge in [-0.3, -0.25) is 0 Å². The van der Waals surface area contributed by atoms with Gasteiger partial charge in [-0.15, -0.1) is 11.3 Å². The number of nitriles is 1. The Bertz CT molecular complexity index is 1180. The van der Waals surface area contributed by atoms with Gasteiger partial charge in [0.2, 0.25) is 17.7 Å². The molecule has 0 bridgehead atoms. The number of anilines is 2. The Balaban J connectivity index is 1.47.